The number of nitrogens with zero attached hydrogens (tertiary/aromatic N) is 3. The number of hydrogen-bond donors (Lipinski definition) is 1. The quantitative estimate of drug-likeness (QED) is 0.162. The van der Waals surface area contributed by atoms with E-state index in [0.29, 0.717) is 6.41 Å². The van der Waals surface area contributed by atoms with Crippen LogP contribution < -0.4 is 0 Å². The fourth-order valence-electron chi connectivity index (χ4n) is 2.42. The number of aliphatic imine (C=N–C) groups is 1. The van der Waals surface area contributed by atoms with Crippen molar-refractivity contribution in [3.8, 4) is 27.6 Å². The molecular weight excluding hydrogens is 426 g/mol. The minimum Gasteiger partial charge on any atom is -0.508 e. The second-order valence-electron chi connectivity index (χ2n) is 6.99. The number of aromatic hydroxyl groups is 1. The Hall–Kier alpha value is -2.20. The summed E-state index contributed by atoms with van der Waals surface area (Å²) in [4.78, 5) is 25.8. The standard InChI is InChI=1S/C20H21N3O3S3/c1-20(2,3)26-23(12-24)11-21-17-9-15(19(27-4)29-17)18-22-16(10-28-18)13-6-5-7-14(25)8-13/h5-12,25H,1-4H3. The molecule has 3 rings (SSSR count). The Morgan fingerprint density at radius 3 is 2.76 bits per heavy atom. The smallest absolute Gasteiger partial charge is 0.239 e. The van der Waals surface area contributed by atoms with Gasteiger partial charge >= 0.3 is 0 Å². The van der Waals surface area contributed by atoms with E-state index in [-0.39, 0.29) is 5.75 Å². The van der Waals surface area contributed by atoms with Gasteiger partial charge in [-0.2, -0.15) is 5.06 Å². The largest absolute Gasteiger partial charge is 0.508 e. The maximum atomic E-state index is 11.2. The lowest BCUT2D eigenvalue weighted by molar-refractivity contribution is -0.181. The average molecular weight is 448 g/mol. The van der Waals surface area contributed by atoms with Crippen LogP contribution in [-0.2, 0) is 9.63 Å². The van der Waals surface area contributed by atoms with E-state index < -0.39 is 5.60 Å². The number of phenolic OH excluding ortho intramolecular Hbond substituents is 1. The molecule has 9 heteroatoms. The molecule has 1 aromatic carbocycles. The van der Waals surface area contributed by atoms with Crippen LogP contribution in [0.2, 0.25) is 0 Å². The van der Waals surface area contributed by atoms with Gasteiger partial charge in [-0.15, -0.1) is 34.4 Å². The monoisotopic (exact) mass is 447 g/mol. The Bertz CT molecular complexity index is 1020. The van der Waals surface area contributed by atoms with Crippen molar-refractivity contribution in [3.05, 3.63) is 35.7 Å². The van der Waals surface area contributed by atoms with Crippen molar-refractivity contribution in [3.63, 3.8) is 0 Å². The molecule has 0 aliphatic carbocycles. The van der Waals surface area contributed by atoms with Crippen molar-refractivity contribution in [1.82, 2.24) is 10.0 Å². The molecule has 0 aliphatic rings. The van der Waals surface area contributed by atoms with Crippen LogP contribution in [0.1, 0.15) is 20.8 Å². The number of thiazole rings is 1. The SMILES string of the molecule is CSc1sc(N=CN(C=O)OC(C)(C)C)cc1-c1nc(-c2cccc(O)c2)cs1. The first-order valence-corrected chi connectivity index (χ1v) is 11.6. The maximum Gasteiger partial charge on any atom is 0.239 e. The highest BCUT2D eigenvalue weighted by Gasteiger charge is 2.17. The molecule has 0 aliphatic heterocycles. The van der Waals surface area contributed by atoms with E-state index in [9.17, 15) is 9.90 Å². The Morgan fingerprint density at radius 1 is 1.31 bits per heavy atom. The van der Waals surface area contributed by atoms with E-state index in [4.69, 9.17) is 9.82 Å². The summed E-state index contributed by atoms with van der Waals surface area (Å²) in [5.41, 5.74) is 2.18. The zero-order valence-electron chi connectivity index (χ0n) is 16.4. The van der Waals surface area contributed by atoms with Crippen LogP contribution in [0, 0.1) is 0 Å². The second kappa shape index (κ2) is 9.08. The van der Waals surface area contributed by atoms with E-state index in [0.717, 1.165) is 36.1 Å². The van der Waals surface area contributed by atoms with Gasteiger partial charge in [-0.3, -0.25) is 9.63 Å². The molecule has 2 aromatic heterocycles. The van der Waals surface area contributed by atoms with Crippen LogP contribution in [0.25, 0.3) is 21.8 Å². The van der Waals surface area contributed by atoms with Gasteiger partial charge in [-0.1, -0.05) is 12.1 Å². The minimum absolute atomic E-state index is 0.214. The summed E-state index contributed by atoms with van der Waals surface area (Å²) >= 11 is 4.69. The van der Waals surface area contributed by atoms with E-state index in [1.54, 1.807) is 41.3 Å². The highest BCUT2D eigenvalue weighted by atomic mass is 32.2. The van der Waals surface area contributed by atoms with Crippen LogP contribution in [0.5, 0.6) is 5.75 Å². The number of phenols is 1. The van der Waals surface area contributed by atoms with E-state index in [1.165, 1.54) is 17.7 Å². The first kappa shape index (κ1) is 21.5. The van der Waals surface area contributed by atoms with E-state index in [2.05, 4.69) is 4.99 Å². The molecule has 1 N–H and O–H groups in total. The number of carbonyl (C=O) groups excluding carboxylic acids is 1. The number of amides is 1. The van der Waals surface area contributed by atoms with Crippen molar-refractivity contribution < 1.29 is 14.7 Å². The average Bonchev–Trinajstić information content (AvgIpc) is 3.31. The Balaban J connectivity index is 1.85. The molecule has 0 saturated heterocycles. The molecule has 2 heterocycles. The topological polar surface area (TPSA) is 75.0 Å². The lowest BCUT2D eigenvalue weighted by atomic mass is 10.2. The molecule has 3 aromatic rings. The number of rotatable bonds is 7. The minimum atomic E-state index is -0.499. The summed E-state index contributed by atoms with van der Waals surface area (Å²) < 4.78 is 1.09. The van der Waals surface area contributed by atoms with Gasteiger partial charge in [-0.25, -0.2) is 9.98 Å². The van der Waals surface area contributed by atoms with Crippen LogP contribution in [-0.4, -0.2) is 39.8 Å². The molecule has 152 valence electrons. The second-order valence-corrected chi connectivity index (χ2v) is 9.96. The predicted octanol–water partition coefficient (Wildman–Crippen LogP) is 5.81. The van der Waals surface area contributed by atoms with Gasteiger partial charge < -0.3 is 5.11 Å². The first-order chi connectivity index (χ1) is 13.8. The predicted molar refractivity (Wildman–Crippen MR) is 121 cm³/mol. The Kier molecular flexibility index (Phi) is 6.74. The first-order valence-electron chi connectivity index (χ1n) is 8.69. The Morgan fingerprint density at radius 2 is 2.10 bits per heavy atom. The van der Waals surface area contributed by atoms with Crippen molar-refractivity contribution >= 4 is 52.2 Å². The van der Waals surface area contributed by atoms with Gasteiger partial charge in [-0.05, 0) is 45.2 Å². The molecule has 0 spiro atoms. The third kappa shape index (κ3) is 5.66. The number of thioether (sulfide) groups is 1. The molecule has 0 unspecified atom stereocenters. The molecule has 0 fully saturated rings. The van der Waals surface area contributed by atoms with Crippen molar-refractivity contribution in [1.29, 1.82) is 0 Å². The van der Waals surface area contributed by atoms with Crippen LogP contribution in [0.3, 0.4) is 0 Å². The molecule has 1 amide bonds. The van der Waals surface area contributed by atoms with Gasteiger partial charge in [0.2, 0.25) is 6.41 Å². The fourth-order valence-corrected chi connectivity index (χ4v) is 5.10. The number of aromatic nitrogens is 1. The van der Waals surface area contributed by atoms with Crippen LogP contribution >= 0.6 is 34.4 Å². The lowest BCUT2D eigenvalue weighted by Gasteiger charge is -2.23. The van der Waals surface area contributed by atoms with Gasteiger partial charge in [0.15, 0.2) is 0 Å². The third-order valence-electron chi connectivity index (χ3n) is 3.53. The van der Waals surface area contributed by atoms with Crippen molar-refractivity contribution in [2.75, 3.05) is 6.26 Å². The summed E-state index contributed by atoms with van der Waals surface area (Å²) in [6, 6.07) is 9.00. The summed E-state index contributed by atoms with van der Waals surface area (Å²) in [5, 5.41) is 14.4. The zero-order valence-corrected chi connectivity index (χ0v) is 18.9. The van der Waals surface area contributed by atoms with Crippen LogP contribution in [0.4, 0.5) is 5.00 Å². The molecule has 0 saturated carbocycles. The van der Waals surface area contributed by atoms with Crippen molar-refractivity contribution in [2.45, 2.75) is 30.6 Å². The summed E-state index contributed by atoms with van der Waals surface area (Å²) in [7, 11) is 0. The normalized spacial score (nSPS) is 11.9. The van der Waals surface area contributed by atoms with Gasteiger partial charge in [0.1, 0.15) is 22.1 Å². The van der Waals surface area contributed by atoms with Crippen LogP contribution in [0.15, 0.2) is 44.9 Å². The third-order valence-corrected chi connectivity index (χ3v) is 6.58. The number of thiophene rings is 1. The number of hydrogen-bond acceptors (Lipinski definition) is 8. The van der Waals surface area contributed by atoms with Gasteiger partial charge in [0, 0.05) is 16.5 Å². The van der Waals surface area contributed by atoms with E-state index in [1.807, 2.05) is 44.5 Å². The highest BCUT2D eigenvalue weighted by Crippen LogP contribution is 2.43. The zero-order chi connectivity index (χ0) is 21.0. The number of carbonyl (C=O) groups is 1. The fraction of sp³-hybridized carbons (Fsp3) is 0.250. The molecule has 0 radical (unpaired) electrons. The summed E-state index contributed by atoms with van der Waals surface area (Å²) in [5.74, 6) is 0.214. The van der Waals surface area contributed by atoms with Gasteiger partial charge in [0.25, 0.3) is 0 Å². The molecule has 0 bridgehead atoms. The number of benzene rings is 1. The van der Waals surface area contributed by atoms with Crippen molar-refractivity contribution in [2.24, 2.45) is 4.99 Å². The number of hydroxylamine groups is 2. The van der Waals surface area contributed by atoms with E-state index >= 15 is 0 Å². The highest BCUT2D eigenvalue weighted by molar-refractivity contribution is 8.00. The molecule has 29 heavy (non-hydrogen) atoms. The summed E-state index contributed by atoms with van der Waals surface area (Å²) in [6.45, 7) is 5.58. The van der Waals surface area contributed by atoms with Gasteiger partial charge in [0.05, 0.1) is 15.5 Å². The molecule has 6 nitrogen and oxygen atoms in total. The molecule has 0 atom stereocenters. The lowest BCUT2D eigenvalue weighted by Crippen LogP contribution is -2.32. The molecular formula is C20H21N3O3S3. The summed E-state index contributed by atoms with van der Waals surface area (Å²) in [6.07, 6.45) is 3.96. The Labute approximate surface area is 181 Å². The maximum absolute atomic E-state index is 11.2.